The molecule has 0 bridgehead atoms. The number of aryl methyl sites for hydroxylation is 1. The van der Waals surface area contributed by atoms with Crippen LogP contribution in [0.5, 0.6) is 0 Å². The molecule has 0 aromatic carbocycles. The summed E-state index contributed by atoms with van der Waals surface area (Å²) in [6.45, 7) is 14.4. The van der Waals surface area contributed by atoms with Crippen LogP contribution in [-0.4, -0.2) is 52.9 Å². The SMILES string of the molecule is C=C(C)N1CCC(c2cnc(-c3c(-c4nn(C(C)C)c5ncnc(N)c45)noc3C3CC3)nc2C)CC1. The number of likely N-dealkylation sites (tertiary alicyclic amines) is 1. The van der Waals surface area contributed by atoms with Gasteiger partial charge in [0.05, 0.1) is 10.9 Å². The summed E-state index contributed by atoms with van der Waals surface area (Å²) in [5.74, 6) is 2.55. The van der Waals surface area contributed by atoms with Gasteiger partial charge in [0, 0.05) is 42.6 Å². The van der Waals surface area contributed by atoms with Gasteiger partial charge in [-0.15, -0.1) is 0 Å². The molecule has 0 atom stereocenters. The number of hydrogen-bond acceptors (Lipinski definition) is 9. The van der Waals surface area contributed by atoms with E-state index >= 15 is 0 Å². The highest BCUT2D eigenvalue weighted by Gasteiger charge is 2.36. The third kappa shape index (κ3) is 4.04. The molecule has 0 spiro atoms. The molecule has 4 aromatic rings. The van der Waals surface area contributed by atoms with E-state index in [4.69, 9.17) is 25.3 Å². The monoisotopic (exact) mass is 499 g/mol. The minimum atomic E-state index is 0.0814. The van der Waals surface area contributed by atoms with Crippen LogP contribution in [0.15, 0.2) is 29.3 Å². The molecule has 4 aromatic heterocycles. The zero-order valence-electron chi connectivity index (χ0n) is 21.9. The van der Waals surface area contributed by atoms with Gasteiger partial charge < -0.3 is 15.2 Å². The van der Waals surface area contributed by atoms with Crippen LogP contribution in [0.4, 0.5) is 5.82 Å². The summed E-state index contributed by atoms with van der Waals surface area (Å²) in [4.78, 5) is 20.9. The van der Waals surface area contributed by atoms with Gasteiger partial charge in [0.2, 0.25) is 0 Å². The van der Waals surface area contributed by atoms with Crippen LogP contribution < -0.4 is 5.73 Å². The van der Waals surface area contributed by atoms with Crippen LogP contribution in [0.3, 0.4) is 0 Å². The molecule has 0 unspecified atom stereocenters. The van der Waals surface area contributed by atoms with Gasteiger partial charge >= 0.3 is 0 Å². The smallest absolute Gasteiger partial charge is 0.165 e. The van der Waals surface area contributed by atoms with E-state index in [2.05, 4.69) is 54.3 Å². The van der Waals surface area contributed by atoms with Gasteiger partial charge in [-0.3, -0.25) is 0 Å². The molecule has 5 heterocycles. The predicted octanol–water partition coefficient (Wildman–Crippen LogP) is 5.00. The number of nitrogens with two attached hydrogens (primary N) is 1. The first-order valence-electron chi connectivity index (χ1n) is 13.1. The Balaban J connectivity index is 1.44. The highest BCUT2D eigenvalue weighted by atomic mass is 16.5. The van der Waals surface area contributed by atoms with Crippen molar-refractivity contribution < 1.29 is 4.52 Å². The summed E-state index contributed by atoms with van der Waals surface area (Å²) in [5, 5.41) is 10.0. The van der Waals surface area contributed by atoms with Crippen LogP contribution >= 0.6 is 0 Å². The molecule has 0 amide bonds. The Morgan fingerprint density at radius 3 is 2.49 bits per heavy atom. The minimum absolute atomic E-state index is 0.0814. The van der Waals surface area contributed by atoms with Gasteiger partial charge in [0.25, 0.3) is 0 Å². The van der Waals surface area contributed by atoms with Crippen molar-refractivity contribution in [3.8, 4) is 22.8 Å². The Bertz CT molecular complexity index is 1490. The number of rotatable bonds is 6. The number of nitrogen functional groups attached to an aromatic ring is 1. The molecule has 0 radical (unpaired) electrons. The minimum Gasteiger partial charge on any atom is -0.383 e. The van der Waals surface area contributed by atoms with Gasteiger partial charge in [0.15, 0.2) is 17.2 Å². The highest BCUT2D eigenvalue weighted by molar-refractivity contribution is 6.00. The number of hydrogen-bond donors (Lipinski definition) is 1. The summed E-state index contributed by atoms with van der Waals surface area (Å²) in [6, 6.07) is 0.0814. The second-order valence-electron chi connectivity index (χ2n) is 10.6. The van der Waals surface area contributed by atoms with Crippen molar-refractivity contribution >= 4 is 16.9 Å². The van der Waals surface area contributed by atoms with Gasteiger partial charge in [-0.2, -0.15) is 5.10 Å². The van der Waals surface area contributed by atoms with Crippen molar-refractivity contribution in [2.24, 2.45) is 0 Å². The van der Waals surface area contributed by atoms with E-state index in [0.29, 0.717) is 45.9 Å². The summed E-state index contributed by atoms with van der Waals surface area (Å²) >= 11 is 0. The first-order chi connectivity index (χ1) is 17.8. The molecule has 10 heteroatoms. The highest BCUT2D eigenvalue weighted by Crippen LogP contribution is 2.48. The second-order valence-corrected chi connectivity index (χ2v) is 10.6. The largest absolute Gasteiger partial charge is 0.383 e. The lowest BCUT2D eigenvalue weighted by atomic mass is 9.89. The molecule has 2 aliphatic rings. The summed E-state index contributed by atoms with van der Waals surface area (Å²) in [6.07, 6.45) is 7.72. The lowest BCUT2D eigenvalue weighted by molar-refractivity contribution is 0.264. The third-order valence-corrected chi connectivity index (χ3v) is 7.61. The van der Waals surface area contributed by atoms with Gasteiger partial charge in [-0.25, -0.2) is 24.6 Å². The maximum atomic E-state index is 6.33. The Labute approximate surface area is 216 Å². The Kier molecular flexibility index (Phi) is 5.69. The molecule has 6 rings (SSSR count). The molecular weight excluding hydrogens is 466 g/mol. The Hall–Kier alpha value is -3.82. The van der Waals surface area contributed by atoms with Crippen molar-refractivity contribution in [2.75, 3.05) is 18.8 Å². The molecule has 37 heavy (non-hydrogen) atoms. The molecule has 2 N–H and O–H groups in total. The lowest BCUT2D eigenvalue weighted by Gasteiger charge is -2.34. The zero-order chi connectivity index (χ0) is 25.8. The molecule has 1 saturated carbocycles. The number of aromatic nitrogens is 7. The number of piperidine rings is 1. The van der Waals surface area contributed by atoms with Gasteiger partial charge in [0.1, 0.15) is 23.5 Å². The van der Waals surface area contributed by atoms with E-state index < -0.39 is 0 Å². The van der Waals surface area contributed by atoms with Crippen molar-refractivity contribution in [1.82, 2.24) is 39.8 Å². The van der Waals surface area contributed by atoms with E-state index in [-0.39, 0.29) is 6.04 Å². The second kappa shape index (κ2) is 8.93. The Morgan fingerprint density at radius 1 is 1.08 bits per heavy atom. The molecular formula is C27H33N9O. The molecule has 1 aliphatic carbocycles. The standard InChI is InChI=1S/C27H33N9O/c1-14(2)35-10-8-17(9-11-35)19-12-29-26(32-16(19)5)20-23(34-37-24(20)18-6-7-18)22-21-25(28)30-13-31-27(21)36(33-22)15(3)4/h12-13,15,17-18H,1,6-11H2,2-5H3,(H2,28,30,31). The molecule has 1 aliphatic heterocycles. The van der Waals surface area contributed by atoms with E-state index in [9.17, 15) is 0 Å². The van der Waals surface area contributed by atoms with E-state index in [0.717, 1.165) is 61.5 Å². The van der Waals surface area contributed by atoms with Crippen molar-refractivity contribution in [3.63, 3.8) is 0 Å². The quantitative estimate of drug-likeness (QED) is 0.390. The predicted molar refractivity (Wildman–Crippen MR) is 142 cm³/mol. The van der Waals surface area contributed by atoms with Crippen molar-refractivity contribution in [3.05, 3.63) is 41.8 Å². The van der Waals surface area contributed by atoms with Crippen LogP contribution in [0.2, 0.25) is 0 Å². The van der Waals surface area contributed by atoms with Gasteiger partial charge in [-0.1, -0.05) is 11.7 Å². The third-order valence-electron chi connectivity index (χ3n) is 7.61. The average molecular weight is 500 g/mol. The van der Waals surface area contributed by atoms with Crippen LogP contribution in [0.25, 0.3) is 33.8 Å². The maximum absolute atomic E-state index is 6.33. The average Bonchev–Trinajstić information content (AvgIpc) is 3.50. The summed E-state index contributed by atoms with van der Waals surface area (Å²) in [5.41, 5.74) is 12.3. The maximum Gasteiger partial charge on any atom is 0.165 e. The number of anilines is 1. The molecule has 10 nitrogen and oxygen atoms in total. The van der Waals surface area contributed by atoms with Gasteiger partial charge in [-0.05, 0) is 64.9 Å². The van der Waals surface area contributed by atoms with Crippen molar-refractivity contribution in [2.45, 2.75) is 71.3 Å². The first kappa shape index (κ1) is 23.6. The fraction of sp³-hybridized carbons (Fsp3) is 0.481. The number of allylic oxidation sites excluding steroid dienone is 1. The first-order valence-corrected chi connectivity index (χ1v) is 13.1. The molecule has 192 valence electrons. The van der Waals surface area contributed by atoms with E-state index in [1.54, 1.807) is 0 Å². The van der Waals surface area contributed by atoms with E-state index in [1.165, 1.54) is 11.9 Å². The molecule has 2 fully saturated rings. The van der Waals surface area contributed by atoms with E-state index in [1.807, 2.05) is 10.9 Å². The fourth-order valence-corrected chi connectivity index (χ4v) is 5.40. The number of nitrogens with zero attached hydrogens (tertiary/aromatic N) is 8. The Morgan fingerprint density at radius 2 is 1.84 bits per heavy atom. The zero-order valence-corrected chi connectivity index (χ0v) is 21.9. The number of fused-ring (bicyclic) bond motifs is 1. The normalized spacial score (nSPS) is 16.7. The van der Waals surface area contributed by atoms with Crippen LogP contribution in [0, 0.1) is 6.92 Å². The van der Waals surface area contributed by atoms with Crippen molar-refractivity contribution in [1.29, 1.82) is 0 Å². The summed E-state index contributed by atoms with van der Waals surface area (Å²) < 4.78 is 7.78. The summed E-state index contributed by atoms with van der Waals surface area (Å²) in [7, 11) is 0. The fourth-order valence-electron chi connectivity index (χ4n) is 5.40. The van der Waals surface area contributed by atoms with Crippen LogP contribution in [-0.2, 0) is 0 Å². The topological polar surface area (TPSA) is 125 Å². The molecule has 1 saturated heterocycles. The van der Waals surface area contributed by atoms with Crippen LogP contribution in [0.1, 0.15) is 81.3 Å². The lowest BCUT2D eigenvalue weighted by Crippen LogP contribution is -2.31.